The van der Waals surface area contributed by atoms with Gasteiger partial charge >= 0.3 is 0 Å². The third-order valence-corrected chi connectivity index (χ3v) is 4.77. The van der Waals surface area contributed by atoms with Gasteiger partial charge in [-0.25, -0.2) is 4.39 Å². The fourth-order valence-electron chi connectivity index (χ4n) is 3.49. The van der Waals surface area contributed by atoms with Crippen LogP contribution in [0, 0.1) is 5.82 Å². The van der Waals surface area contributed by atoms with Crippen LogP contribution in [0.25, 0.3) is 0 Å². The third-order valence-electron chi connectivity index (χ3n) is 4.77. The number of nitrogens with one attached hydrogen (secondary N) is 1. The number of rotatable bonds is 3. The molecule has 0 radical (unpaired) electrons. The fraction of sp³-hybridized carbons (Fsp3) is 0.588. The zero-order chi connectivity index (χ0) is 14.8. The molecule has 21 heavy (non-hydrogen) atoms. The van der Waals surface area contributed by atoms with E-state index in [4.69, 9.17) is 0 Å². The molecule has 114 valence electrons. The van der Waals surface area contributed by atoms with E-state index in [1.807, 2.05) is 17.9 Å². The maximum atomic E-state index is 13.3. The molecule has 2 heterocycles. The van der Waals surface area contributed by atoms with Crippen molar-refractivity contribution in [1.29, 1.82) is 0 Å². The monoisotopic (exact) mass is 290 g/mol. The van der Waals surface area contributed by atoms with Crippen LogP contribution in [0.2, 0.25) is 0 Å². The van der Waals surface area contributed by atoms with Gasteiger partial charge < -0.3 is 10.2 Å². The number of amides is 1. The number of nitrogens with zero attached hydrogens (tertiary/aromatic N) is 1. The predicted octanol–water partition coefficient (Wildman–Crippen LogP) is 2.67. The molecular formula is C17H23FN2O. The Morgan fingerprint density at radius 2 is 2.19 bits per heavy atom. The first-order chi connectivity index (χ1) is 10.1. The standard InChI is InChI=1S/C17H23FN2O/c1-12(13-3-2-4-14(18)10-13)9-17(21)20-8-7-15-5-6-16(11-20)19-15/h2-4,10,12,15-16,19H,5-9,11H2,1H3. The topological polar surface area (TPSA) is 32.3 Å². The second-order valence-electron chi connectivity index (χ2n) is 6.43. The highest BCUT2D eigenvalue weighted by molar-refractivity contribution is 5.77. The highest BCUT2D eigenvalue weighted by Gasteiger charge is 2.31. The molecule has 3 nitrogen and oxygen atoms in total. The fourth-order valence-corrected chi connectivity index (χ4v) is 3.49. The zero-order valence-corrected chi connectivity index (χ0v) is 12.5. The van der Waals surface area contributed by atoms with Gasteiger partial charge in [0.25, 0.3) is 0 Å². The van der Waals surface area contributed by atoms with Crippen LogP contribution >= 0.6 is 0 Å². The van der Waals surface area contributed by atoms with Gasteiger partial charge in [0.1, 0.15) is 5.82 Å². The summed E-state index contributed by atoms with van der Waals surface area (Å²) in [6.07, 6.45) is 3.93. The summed E-state index contributed by atoms with van der Waals surface area (Å²) >= 11 is 0. The van der Waals surface area contributed by atoms with Crippen molar-refractivity contribution in [1.82, 2.24) is 10.2 Å². The molecular weight excluding hydrogens is 267 g/mol. The van der Waals surface area contributed by atoms with Crippen LogP contribution < -0.4 is 5.32 Å². The lowest BCUT2D eigenvalue weighted by Crippen LogP contribution is -2.39. The summed E-state index contributed by atoms with van der Waals surface area (Å²) in [5, 5.41) is 3.59. The van der Waals surface area contributed by atoms with Gasteiger partial charge in [0.2, 0.25) is 5.91 Å². The van der Waals surface area contributed by atoms with E-state index >= 15 is 0 Å². The Kier molecular flexibility index (Phi) is 4.24. The van der Waals surface area contributed by atoms with Gasteiger partial charge in [0.15, 0.2) is 0 Å². The van der Waals surface area contributed by atoms with Crippen molar-refractivity contribution in [2.24, 2.45) is 0 Å². The number of carbonyl (C=O) groups is 1. The second-order valence-corrected chi connectivity index (χ2v) is 6.43. The molecule has 2 saturated heterocycles. The van der Waals surface area contributed by atoms with E-state index in [1.165, 1.54) is 25.0 Å². The molecule has 0 aromatic heterocycles. The van der Waals surface area contributed by atoms with Gasteiger partial charge in [-0.15, -0.1) is 0 Å². The van der Waals surface area contributed by atoms with E-state index < -0.39 is 0 Å². The number of hydrogen-bond donors (Lipinski definition) is 1. The van der Waals surface area contributed by atoms with Gasteiger partial charge in [-0.3, -0.25) is 4.79 Å². The largest absolute Gasteiger partial charge is 0.341 e. The Hall–Kier alpha value is -1.42. The van der Waals surface area contributed by atoms with Gasteiger partial charge in [-0.2, -0.15) is 0 Å². The predicted molar refractivity (Wildman–Crippen MR) is 80.6 cm³/mol. The summed E-state index contributed by atoms with van der Waals surface area (Å²) in [5.74, 6) is 0.0193. The van der Waals surface area contributed by atoms with E-state index in [1.54, 1.807) is 6.07 Å². The molecule has 2 aliphatic rings. The smallest absolute Gasteiger partial charge is 0.223 e. The number of likely N-dealkylation sites (tertiary alicyclic amines) is 1. The van der Waals surface area contributed by atoms with Crippen molar-refractivity contribution in [3.05, 3.63) is 35.6 Å². The highest BCUT2D eigenvalue weighted by atomic mass is 19.1. The van der Waals surface area contributed by atoms with E-state index in [0.29, 0.717) is 18.5 Å². The van der Waals surface area contributed by atoms with E-state index in [9.17, 15) is 9.18 Å². The summed E-state index contributed by atoms with van der Waals surface area (Å²) in [6.45, 7) is 3.67. The molecule has 3 atom stereocenters. The van der Waals surface area contributed by atoms with Crippen molar-refractivity contribution in [2.45, 2.75) is 50.6 Å². The molecule has 3 unspecified atom stereocenters. The molecule has 2 aliphatic heterocycles. The molecule has 2 fully saturated rings. The van der Waals surface area contributed by atoms with Crippen molar-refractivity contribution in [3.8, 4) is 0 Å². The average molecular weight is 290 g/mol. The van der Waals surface area contributed by atoms with Gasteiger partial charge in [-0.05, 0) is 42.9 Å². The van der Waals surface area contributed by atoms with Crippen molar-refractivity contribution in [3.63, 3.8) is 0 Å². The highest BCUT2D eigenvalue weighted by Crippen LogP contribution is 2.24. The number of fused-ring (bicyclic) bond motifs is 2. The van der Waals surface area contributed by atoms with Crippen LogP contribution in [-0.4, -0.2) is 36.0 Å². The van der Waals surface area contributed by atoms with Gasteiger partial charge in [-0.1, -0.05) is 19.1 Å². The molecule has 0 saturated carbocycles. The maximum Gasteiger partial charge on any atom is 0.223 e. The first kappa shape index (κ1) is 14.5. The number of halogens is 1. The van der Waals surface area contributed by atoms with E-state index in [-0.39, 0.29) is 17.6 Å². The number of carbonyl (C=O) groups excluding carboxylic acids is 1. The van der Waals surface area contributed by atoms with E-state index in [2.05, 4.69) is 5.32 Å². The molecule has 1 N–H and O–H groups in total. The Morgan fingerprint density at radius 1 is 1.38 bits per heavy atom. The molecule has 0 spiro atoms. The van der Waals surface area contributed by atoms with Crippen molar-refractivity contribution >= 4 is 5.91 Å². The first-order valence-electron chi connectivity index (χ1n) is 7.91. The number of hydrogen-bond acceptors (Lipinski definition) is 2. The quantitative estimate of drug-likeness (QED) is 0.928. The van der Waals surface area contributed by atoms with Crippen molar-refractivity contribution < 1.29 is 9.18 Å². The Balaban J connectivity index is 1.60. The van der Waals surface area contributed by atoms with Crippen LogP contribution in [-0.2, 0) is 4.79 Å². The lowest BCUT2D eigenvalue weighted by molar-refractivity contribution is -0.131. The van der Waals surface area contributed by atoms with Gasteiger partial charge in [0, 0.05) is 31.6 Å². The minimum absolute atomic E-state index is 0.0570. The molecule has 1 aromatic rings. The molecule has 4 heteroatoms. The summed E-state index contributed by atoms with van der Waals surface area (Å²) in [7, 11) is 0. The second kappa shape index (κ2) is 6.14. The molecule has 0 aliphatic carbocycles. The lowest BCUT2D eigenvalue weighted by atomic mass is 9.96. The molecule has 1 amide bonds. The Bertz CT molecular complexity index is 519. The Labute approximate surface area is 125 Å². The Morgan fingerprint density at radius 3 is 3.00 bits per heavy atom. The minimum Gasteiger partial charge on any atom is -0.341 e. The number of benzene rings is 1. The molecule has 3 rings (SSSR count). The van der Waals surface area contributed by atoms with E-state index in [0.717, 1.165) is 25.1 Å². The normalized spacial score (nSPS) is 26.5. The summed E-state index contributed by atoms with van der Waals surface area (Å²) in [4.78, 5) is 14.5. The third kappa shape index (κ3) is 3.43. The SMILES string of the molecule is CC(CC(=O)N1CCC2CCC(C1)N2)c1cccc(F)c1. The van der Waals surface area contributed by atoms with Gasteiger partial charge in [0.05, 0.1) is 0 Å². The first-order valence-corrected chi connectivity index (χ1v) is 7.91. The van der Waals surface area contributed by atoms with Crippen LogP contribution in [0.3, 0.4) is 0 Å². The lowest BCUT2D eigenvalue weighted by Gasteiger charge is -2.25. The van der Waals surface area contributed by atoms with Crippen LogP contribution in [0.5, 0.6) is 0 Å². The van der Waals surface area contributed by atoms with Crippen molar-refractivity contribution in [2.75, 3.05) is 13.1 Å². The average Bonchev–Trinajstić information content (AvgIpc) is 2.78. The summed E-state index contributed by atoms with van der Waals surface area (Å²) in [5.41, 5.74) is 0.901. The van der Waals surface area contributed by atoms with Crippen LogP contribution in [0.4, 0.5) is 4.39 Å². The minimum atomic E-state index is -0.233. The maximum absolute atomic E-state index is 13.3. The summed E-state index contributed by atoms with van der Waals surface area (Å²) in [6, 6.07) is 7.63. The molecule has 2 bridgehead atoms. The van der Waals surface area contributed by atoms with Crippen LogP contribution in [0.1, 0.15) is 44.1 Å². The zero-order valence-electron chi connectivity index (χ0n) is 12.5. The summed E-state index contributed by atoms with van der Waals surface area (Å²) < 4.78 is 13.3. The molecule has 1 aromatic carbocycles. The van der Waals surface area contributed by atoms with Crippen LogP contribution in [0.15, 0.2) is 24.3 Å².